The maximum atomic E-state index is 10.8. The van der Waals surface area contributed by atoms with Gasteiger partial charge in [0.2, 0.25) is 0 Å². The molecule has 0 spiro atoms. The van der Waals surface area contributed by atoms with Gasteiger partial charge in [0.25, 0.3) is 0 Å². The second kappa shape index (κ2) is 8.81. The minimum Gasteiger partial charge on any atom is -0.481 e. The molecule has 1 rings (SSSR count). The summed E-state index contributed by atoms with van der Waals surface area (Å²) in [5.74, 6) is -1.27. The second-order valence-corrected chi connectivity index (χ2v) is 4.25. The highest BCUT2D eigenvalue weighted by atomic mass is 35.5. The monoisotopic (exact) mass is 271 g/mol. The van der Waals surface area contributed by atoms with E-state index in [0.29, 0.717) is 0 Å². The first kappa shape index (κ1) is 16.8. The van der Waals surface area contributed by atoms with E-state index < -0.39 is 11.9 Å². The average Bonchev–Trinajstić information content (AvgIpc) is 2.30. The number of carboxylic acids is 1. The maximum Gasteiger partial charge on any atom is 0.314 e. The van der Waals surface area contributed by atoms with E-state index >= 15 is 0 Å². The highest BCUT2D eigenvalue weighted by Gasteiger charge is 2.12. The van der Waals surface area contributed by atoms with Gasteiger partial charge in [-0.1, -0.05) is 38.2 Å². The van der Waals surface area contributed by atoms with E-state index in [1.165, 1.54) is 0 Å². The van der Waals surface area contributed by atoms with E-state index in [2.05, 4.69) is 24.9 Å². The van der Waals surface area contributed by atoms with Crippen molar-refractivity contribution in [3.05, 3.63) is 36.1 Å². The van der Waals surface area contributed by atoms with Crippen LogP contribution in [0.3, 0.4) is 0 Å². The highest BCUT2D eigenvalue weighted by molar-refractivity contribution is 5.85. The summed E-state index contributed by atoms with van der Waals surface area (Å²) < 4.78 is 0. The molecule has 0 bridgehead atoms. The predicted molar refractivity (Wildman–Crippen MR) is 76.9 cm³/mol. The van der Waals surface area contributed by atoms with Crippen molar-refractivity contribution in [1.29, 1.82) is 0 Å². The zero-order valence-corrected chi connectivity index (χ0v) is 11.8. The molecule has 0 saturated carbocycles. The Morgan fingerprint density at radius 1 is 1.28 bits per heavy atom. The summed E-state index contributed by atoms with van der Waals surface area (Å²) in [6.45, 7) is 6.41. The van der Waals surface area contributed by atoms with Crippen LogP contribution >= 0.6 is 12.4 Å². The molecule has 0 aromatic carbocycles. The fraction of sp³-hybridized carbons (Fsp3) is 0.500. The molecule has 0 aliphatic heterocycles. The van der Waals surface area contributed by atoms with Gasteiger partial charge in [-0.15, -0.1) is 12.4 Å². The Kier molecular flexibility index (Phi) is 8.21. The van der Waals surface area contributed by atoms with Gasteiger partial charge in [0.15, 0.2) is 0 Å². The SMILES string of the molecule is CCCN(C=C1C=CC(C(=O)O)C=C1)CCC.Cl. The van der Waals surface area contributed by atoms with Crippen LogP contribution < -0.4 is 0 Å². The van der Waals surface area contributed by atoms with Crippen molar-refractivity contribution >= 4 is 18.4 Å². The largest absolute Gasteiger partial charge is 0.481 e. The van der Waals surface area contributed by atoms with E-state index in [-0.39, 0.29) is 12.4 Å². The minimum atomic E-state index is -0.796. The zero-order valence-electron chi connectivity index (χ0n) is 11.0. The van der Waals surface area contributed by atoms with Crippen molar-refractivity contribution in [2.45, 2.75) is 26.7 Å². The number of hydrogen-bond donors (Lipinski definition) is 1. The number of aliphatic carboxylic acids is 1. The molecule has 1 aliphatic rings. The third kappa shape index (κ3) is 5.41. The Labute approximate surface area is 115 Å². The number of hydrogen-bond acceptors (Lipinski definition) is 2. The van der Waals surface area contributed by atoms with Crippen LogP contribution in [0.5, 0.6) is 0 Å². The summed E-state index contributed by atoms with van der Waals surface area (Å²) in [6, 6.07) is 0. The molecular formula is C14H22ClNO2. The summed E-state index contributed by atoms with van der Waals surface area (Å²) in [5, 5.41) is 8.84. The Balaban J connectivity index is 0.00000289. The Morgan fingerprint density at radius 3 is 2.17 bits per heavy atom. The van der Waals surface area contributed by atoms with Crippen molar-refractivity contribution in [2.24, 2.45) is 5.92 Å². The topological polar surface area (TPSA) is 40.5 Å². The van der Waals surface area contributed by atoms with Crippen LogP contribution in [0.25, 0.3) is 0 Å². The van der Waals surface area contributed by atoms with E-state index in [4.69, 9.17) is 5.11 Å². The molecule has 102 valence electrons. The van der Waals surface area contributed by atoms with Gasteiger partial charge in [-0.05, 0) is 18.4 Å². The average molecular weight is 272 g/mol. The first-order chi connectivity index (χ1) is 8.17. The smallest absolute Gasteiger partial charge is 0.314 e. The van der Waals surface area contributed by atoms with Crippen LogP contribution in [0.2, 0.25) is 0 Å². The van der Waals surface area contributed by atoms with Gasteiger partial charge in [-0.25, -0.2) is 0 Å². The summed E-state index contributed by atoms with van der Waals surface area (Å²) >= 11 is 0. The van der Waals surface area contributed by atoms with Crippen LogP contribution in [0.4, 0.5) is 0 Å². The zero-order chi connectivity index (χ0) is 12.7. The van der Waals surface area contributed by atoms with E-state index in [9.17, 15) is 4.79 Å². The highest BCUT2D eigenvalue weighted by Crippen LogP contribution is 2.15. The molecule has 0 fully saturated rings. The van der Waals surface area contributed by atoms with Crippen LogP contribution in [0.1, 0.15) is 26.7 Å². The second-order valence-electron chi connectivity index (χ2n) is 4.25. The number of allylic oxidation sites excluding steroid dienone is 3. The molecule has 0 aromatic rings. The van der Waals surface area contributed by atoms with Crippen LogP contribution in [-0.2, 0) is 4.79 Å². The molecule has 0 saturated heterocycles. The molecule has 0 radical (unpaired) electrons. The molecule has 3 nitrogen and oxygen atoms in total. The molecule has 1 aliphatic carbocycles. The number of carbonyl (C=O) groups is 1. The third-order valence-electron chi connectivity index (χ3n) is 2.63. The first-order valence-electron chi connectivity index (χ1n) is 6.22. The fourth-order valence-electron chi connectivity index (χ4n) is 1.83. The lowest BCUT2D eigenvalue weighted by Crippen LogP contribution is -2.19. The van der Waals surface area contributed by atoms with Gasteiger partial charge < -0.3 is 10.0 Å². The van der Waals surface area contributed by atoms with Gasteiger partial charge in [0, 0.05) is 19.3 Å². The standard InChI is InChI=1S/C14H21NO2.ClH/c1-3-9-15(10-4-2)11-12-5-7-13(8-6-12)14(16)17;/h5-8,11,13H,3-4,9-10H2,1-2H3,(H,16,17);1H. The lowest BCUT2D eigenvalue weighted by Gasteiger charge is -2.20. The summed E-state index contributed by atoms with van der Waals surface area (Å²) in [6.07, 6.45) is 11.6. The van der Waals surface area contributed by atoms with Gasteiger partial charge in [0.1, 0.15) is 0 Å². The quantitative estimate of drug-likeness (QED) is 0.806. The molecule has 0 atom stereocenters. The van der Waals surface area contributed by atoms with Crippen LogP contribution in [0, 0.1) is 5.92 Å². The van der Waals surface area contributed by atoms with Gasteiger partial charge in [0.05, 0.1) is 5.92 Å². The normalized spacial score (nSPS) is 17.2. The molecule has 0 unspecified atom stereocenters. The summed E-state index contributed by atoms with van der Waals surface area (Å²) in [7, 11) is 0. The Morgan fingerprint density at radius 2 is 1.78 bits per heavy atom. The molecule has 1 N–H and O–H groups in total. The predicted octanol–water partition coefficient (Wildman–Crippen LogP) is 3.24. The number of halogens is 1. The minimum absolute atomic E-state index is 0. The molecule has 0 amide bonds. The maximum absolute atomic E-state index is 10.8. The van der Waals surface area contributed by atoms with Gasteiger partial charge >= 0.3 is 5.97 Å². The lowest BCUT2D eigenvalue weighted by molar-refractivity contribution is -0.138. The molecule has 4 heteroatoms. The lowest BCUT2D eigenvalue weighted by atomic mass is 10.0. The van der Waals surface area contributed by atoms with Crippen molar-refractivity contribution in [1.82, 2.24) is 4.90 Å². The number of carboxylic acid groups (broad SMARTS) is 1. The van der Waals surface area contributed by atoms with E-state index in [1.807, 2.05) is 12.2 Å². The molecule has 0 heterocycles. The Hall–Kier alpha value is -1.22. The van der Waals surface area contributed by atoms with Crippen molar-refractivity contribution in [2.75, 3.05) is 13.1 Å². The van der Waals surface area contributed by atoms with Crippen molar-refractivity contribution in [3.63, 3.8) is 0 Å². The van der Waals surface area contributed by atoms with Crippen molar-refractivity contribution < 1.29 is 9.90 Å². The summed E-state index contributed by atoms with van der Waals surface area (Å²) in [5.41, 5.74) is 1.07. The third-order valence-corrected chi connectivity index (χ3v) is 2.63. The van der Waals surface area contributed by atoms with Gasteiger partial charge in [-0.3, -0.25) is 4.79 Å². The molecule has 18 heavy (non-hydrogen) atoms. The van der Waals surface area contributed by atoms with Gasteiger partial charge in [-0.2, -0.15) is 0 Å². The van der Waals surface area contributed by atoms with Crippen LogP contribution in [0.15, 0.2) is 36.1 Å². The number of rotatable bonds is 6. The molecule has 0 aromatic heterocycles. The first-order valence-corrected chi connectivity index (χ1v) is 6.22. The van der Waals surface area contributed by atoms with Crippen molar-refractivity contribution in [3.8, 4) is 0 Å². The van der Waals surface area contributed by atoms with E-state index in [0.717, 1.165) is 31.5 Å². The fourth-order valence-corrected chi connectivity index (χ4v) is 1.83. The van der Waals surface area contributed by atoms with Crippen LogP contribution in [-0.4, -0.2) is 29.1 Å². The number of nitrogens with zero attached hydrogens (tertiary/aromatic N) is 1. The molecular weight excluding hydrogens is 250 g/mol. The Bertz CT molecular complexity index is 326. The summed E-state index contributed by atoms with van der Waals surface area (Å²) in [4.78, 5) is 13.0. The van der Waals surface area contributed by atoms with E-state index in [1.54, 1.807) is 12.2 Å².